The number of carbonyl (C=O) groups is 1. The minimum Gasteiger partial charge on any atom is -0.492 e. The van der Waals surface area contributed by atoms with Crippen molar-refractivity contribution >= 4 is 23.7 Å². The first-order valence-electron chi connectivity index (χ1n) is 8.08. The maximum absolute atomic E-state index is 10.4. The quantitative estimate of drug-likeness (QED) is 0.724. The molecule has 1 aromatic carbocycles. The predicted molar refractivity (Wildman–Crippen MR) is 92.6 cm³/mol. The highest BCUT2D eigenvalue weighted by Gasteiger charge is 2.10. The molecule has 1 aromatic heterocycles. The third-order valence-corrected chi connectivity index (χ3v) is 3.84. The van der Waals surface area contributed by atoms with Gasteiger partial charge in [-0.25, -0.2) is 9.97 Å². The van der Waals surface area contributed by atoms with Crippen LogP contribution < -0.4 is 15.4 Å². The molecule has 2 N–H and O–H groups in total. The standard InChI is InChI=1S/C17H21N5O2/c23-13-20-15-11-18-17(19-12-15)21-14-4-3-5-16(10-14)24-9-8-22-6-1-2-7-22/h3-5,10-13H,1-2,6-9H2,(H,20,23)(H,18,19,21). The van der Waals surface area contributed by atoms with Gasteiger partial charge >= 0.3 is 0 Å². The van der Waals surface area contributed by atoms with Gasteiger partial charge in [-0.1, -0.05) is 6.07 Å². The van der Waals surface area contributed by atoms with E-state index < -0.39 is 0 Å². The Kier molecular flexibility index (Phi) is 5.57. The summed E-state index contributed by atoms with van der Waals surface area (Å²) in [6, 6.07) is 7.71. The van der Waals surface area contributed by atoms with Crippen LogP contribution in [0.5, 0.6) is 5.75 Å². The molecule has 0 unspecified atom stereocenters. The normalized spacial score (nSPS) is 14.3. The average Bonchev–Trinajstić information content (AvgIpc) is 3.11. The molecule has 1 amide bonds. The highest BCUT2D eigenvalue weighted by molar-refractivity contribution is 5.70. The van der Waals surface area contributed by atoms with Crippen LogP contribution in [0.3, 0.4) is 0 Å². The lowest BCUT2D eigenvalue weighted by Gasteiger charge is -2.15. The van der Waals surface area contributed by atoms with Crippen LogP contribution in [-0.4, -0.2) is 47.5 Å². The van der Waals surface area contributed by atoms with Crippen molar-refractivity contribution in [1.29, 1.82) is 0 Å². The Balaban J connectivity index is 1.53. The number of carbonyl (C=O) groups excluding carboxylic acids is 1. The third-order valence-electron chi connectivity index (χ3n) is 3.84. The fraction of sp³-hybridized carbons (Fsp3) is 0.353. The van der Waals surface area contributed by atoms with Crippen molar-refractivity contribution in [1.82, 2.24) is 14.9 Å². The Morgan fingerprint density at radius 3 is 2.71 bits per heavy atom. The molecule has 1 aliphatic heterocycles. The van der Waals surface area contributed by atoms with Crippen LogP contribution in [-0.2, 0) is 4.79 Å². The summed E-state index contributed by atoms with van der Waals surface area (Å²) in [4.78, 5) is 21.1. The van der Waals surface area contributed by atoms with E-state index in [4.69, 9.17) is 4.74 Å². The molecule has 3 rings (SSSR count). The Hall–Kier alpha value is -2.67. The van der Waals surface area contributed by atoms with E-state index in [0.717, 1.165) is 18.0 Å². The van der Waals surface area contributed by atoms with Crippen LogP contribution in [0.2, 0.25) is 0 Å². The van der Waals surface area contributed by atoms with Gasteiger partial charge in [-0.05, 0) is 38.1 Å². The number of benzene rings is 1. The van der Waals surface area contributed by atoms with Gasteiger partial charge in [0.15, 0.2) is 0 Å². The van der Waals surface area contributed by atoms with Crippen molar-refractivity contribution in [3.63, 3.8) is 0 Å². The second-order valence-corrected chi connectivity index (χ2v) is 5.61. The van der Waals surface area contributed by atoms with Crippen LogP contribution in [0, 0.1) is 0 Å². The molecule has 126 valence electrons. The lowest BCUT2D eigenvalue weighted by Crippen LogP contribution is -2.25. The molecule has 1 saturated heterocycles. The van der Waals surface area contributed by atoms with Gasteiger partial charge in [-0.3, -0.25) is 9.69 Å². The summed E-state index contributed by atoms with van der Waals surface area (Å²) in [5.41, 5.74) is 1.40. The Morgan fingerprint density at radius 1 is 1.17 bits per heavy atom. The lowest BCUT2D eigenvalue weighted by molar-refractivity contribution is -0.105. The fourth-order valence-electron chi connectivity index (χ4n) is 2.63. The van der Waals surface area contributed by atoms with Gasteiger partial charge in [-0.15, -0.1) is 0 Å². The van der Waals surface area contributed by atoms with Crippen LogP contribution in [0.4, 0.5) is 17.3 Å². The number of anilines is 3. The van der Waals surface area contributed by atoms with Gasteiger partial charge in [0, 0.05) is 18.3 Å². The molecule has 0 aliphatic carbocycles. The molecule has 2 heterocycles. The van der Waals surface area contributed by atoms with Gasteiger partial charge in [0.1, 0.15) is 12.4 Å². The number of amides is 1. The molecule has 0 radical (unpaired) electrons. The molecule has 0 atom stereocenters. The van der Waals surface area contributed by atoms with Gasteiger partial charge in [-0.2, -0.15) is 0 Å². The summed E-state index contributed by atoms with van der Waals surface area (Å²) in [5, 5.41) is 5.61. The highest BCUT2D eigenvalue weighted by atomic mass is 16.5. The zero-order valence-corrected chi connectivity index (χ0v) is 13.4. The van der Waals surface area contributed by atoms with Crippen molar-refractivity contribution in [2.45, 2.75) is 12.8 Å². The van der Waals surface area contributed by atoms with E-state index in [1.54, 1.807) is 12.4 Å². The average molecular weight is 327 g/mol. The van der Waals surface area contributed by atoms with Crippen molar-refractivity contribution in [2.24, 2.45) is 0 Å². The number of hydrogen-bond acceptors (Lipinski definition) is 6. The largest absolute Gasteiger partial charge is 0.492 e. The molecule has 7 nitrogen and oxygen atoms in total. The van der Waals surface area contributed by atoms with Gasteiger partial charge in [0.05, 0.1) is 18.1 Å². The molecule has 7 heteroatoms. The summed E-state index contributed by atoms with van der Waals surface area (Å²) in [6.07, 6.45) is 6.26. The maximum atomic E-state index is 10.4. The first kappa shape index (κ1) is 16.2. The van der Waals surface area contributed by atoms with Gasteiger partial charge in [0.2, 0.25) is 12.4 Å². The molecular formula is C17H21N5O2. The summed E-state index contributed by atoms with van der Waals surface area (Å²) in [5.74, 6) is 1.28. The number of ether oxygens (including phenoxy) is 1. The van der Waals surface area contributed by atoms with E-state index in [0.29, 0.717) is 24.7 Å². The van der Waals surface area contributed by atoms with Crippen molar-refractivity contribution in [3.8, 4) is 5.75 Å². The highest BCUT2D eigenvalue weighted by Crippen LogP contribution is 2.20. The summed E-state index contributed by atoms with van der Waals surface area (Å²) >= 11 is 0. The maximum Gasteiger partial charge on any atom is 0.227 e. The minimum atomic E-state index is 0.459. The smallest absolute Gasteiger partial charge is 0.227 e. The molecule has 24 heavy (non-hydrogen) atoms. The van der Waals surface area contributed by atoms with Crippen LogP contribution in [0.25, 0.3) is 0 Å². The van der Waals surface area contributed by atoms with E-state index in [-0.39, 0.29) is 0 Å². The van der Waals surface area contributed by atoms with Crippen molar-refractivity contribution < 1.29 is 9.53 Å². The zero-order valence-electron chi connectivity index (χ0n) is 13.4. The summed E-state index contributed by atoms with van der Waals surface area (Å²) in [6.45, 7) is 4.01. The minimum absolute atomic E-state index is 0.459. The van der Waals surface area contributed by atoms with E-state index in [1.165, 1.54) is 25.9 Å². The number of nitrogens with zero attached hydrogens (tertiary/aromatic N) is 3. The Morgan fingerprint density at radius 2 is 1.96 bits per heavy atom. The Bertz CT molecular complexity index is 656. The molecule has 0 saturated carbocycles. The number of hydrogen-bond donors (Lipinski definition) is 2. The summed E-state index contributed by atoms with van der Waals surface area (Å²) in [7, 11) is 0. The van der Waals surface area contributed by atoms with Crippen LogP contribution in [0.15, 0.2) is 36.7 Å². The van der Waals surface area contributed by atoms with E-state index in [2.05, 4.69) is 25.5 Å². The molecule has 1 fully saturated rings. The van der Waals surface area contributed by atoms with Gasteiger partial charge in [0.25, 0.3) is 0 Å². The first-order chi connectivity index (χ1) is 11.8. The second kappa shape index (κ2) is 8.26. The second-order valence-electron chi connectivity index (χ2n) is 5.61. The summed E-state index contributed by atoms with van der Waals surface area (Å²) < 4.78 is 5.83. The third kappa shape index (κ3) is 4.66. The van der Waals surface area contributed by atoms with E-state index in [9.17, 15) is 4.79 Å². The SMILES string of the molecule is O=CNc1cnc(Nc2cccc(OCCN3CCCC3)c2)nc1. The lowest BCUT2D eigenvalue weighted by atomic mass is 10.3. The van der Waals surface area contributed by atoms with Gasteiger partial charge < -0.3 is 15.4 Å². The molecule has 1 aliphatic rings. The monoisotopic (exact) mass is 327 g/mol. The van der Waals surface area contributed by atoms with E-state index >= 15 is 0 Å². The zero-order chi connectivity index (χ0) is 16.6. The predicted octanol–water partition coefficient (Wildman–Crippen LogP) is 2.26. The molecular weight excluding hydrogens is 306 g/mol. The molecule has 0 spiro atoms. The number of rotatable bonds is 8. The number of nitrogens with one attached hydrogen (secondary N) is 2. The van der Waals surface area contributed by atoms with Crippen LogP contribution >= 0.6 is 0 Å². The van der Waals surface area contributed by atoms with Crippen molar-refractivity contribution in [2.75, 3.05) is 36.9 Å². The fourth-order valence-corrected chi connectivity index (χ4v) is 2.63. The number of aromatic nitrogens is 2. The van der Waals surface area contributed by atoms with Crippen LogP contribution in [0.1, 0.15) is 12.8 Å². The van der Waals surface area contributed by atoms with Crippen molar-refractivity contribution in [3.05, 3.63) is 36.7 Å². The Labute approximate surface area is 141 Å². The first-order valence-corrected chi connectivity index (χ1v) is 8.08. The topological polar surface area (TPSA) is 79.4 Å². The van der Waals surface area contributed by atoms with E-state index in [1.807, 2.05) is 24.3 Å². The molecule has 0 bridgehead atoms. The molecule has 2 aromatic rings. The number of likely N-dealkylation sites (tertiary alicyclic amines) is 1.